The molecule has 1 aromatic carbocycles. The molecule has 1 saturated heterocycles. The molecule has 5 nitrogen and oxygen atoms in total. The zero-order valence-electron chi connectivity index (χ0n) is 12.4. The van der Waals surface area contributed by atoms with E-state index in [-0.39, 0.29) is 11.9 Å². The molecular formula is C16H20N4O. The summed E-state index contributed by atoms with van der Waals surface area (Å²) in [5.74, 6) is 0.565. The Labute approximate surface area is 124 Å². The average Bonchev–Trinajstić information content (AvgIpc) is 3.17. The predicted molar refractivity (Wildman–Crippen MR) is 79.9 cm³/mol. The Balaban J connectivity index is 1.70. The van der Waals surface area contributed by atoms with Crippen molar-refractivity contribution in [2.24, 2.45) is 0 Å². The topological polar surface area (TPSA) is 51.0 Å². The molecule has 5 heteroatoms. The van der Waals surface area contributed by atoms with Gasteiger partial charge >= 0.3 is 0 Å². The van der Waals surface area contributed by atoms with E-state index in [0.717, 1.165) is 19.5 Å². The third-order valence-electron chi connectivity index (χ3n) is 4.32. The monoisotopic (exact) mass is 284 g/mol. The van der Waals surface area contributed by atoms with Gasteiger partial charge in [0.15, 0.2) is 0 Å². The first-order valence-electron chi connectivity index (χ1n) is 7.35. The predicted octanol–water partition coefficient (Wildman–Crippen LogP) is 2.16. The van der Waals surface area contributed by atoms with Gasteiger partial charge in [-0.25, -0.2) is 9.67 Å². The zero-order valence-corrected chi connectivity index (χ0v) is 12.4. The minimum Gasteiger partial charge on any atom is -0.340 e. The van der Waals surface area contributed by atoms with Crippen LogP contribution in [-0.2, 0) is 4.79 Å². The van der Waals surface area contributed by atoms with E-state index in [2.05, 4.69) is 41.3 Å². The van der Waals surface area contributed by atoms with Crippen LogP contribution in [-0.4, -0.2) is 38.7 Å². The van der Waals surface area contributed by atoms with Gasteiger partial charge in [0, 0.05) is 19.0 Å². The molecule has 2 heterocycles. The number of carbonyl (C=O) groups excluding carboxylic acids is 1. The van der Waals surface area contributed by atoms with E-state index >= 15 is 0 Å². The highest BCUT2D eigenvalue weighted by Crippen LogP contribution is 2.30. The smallest absolute Gasteiger partial charge is 0.247 e. The molecule has 1 amide bonds. The van der Waals surface area contributed by atoms with E-state index in [9.17, 15) is 4.79 Å². The molecule has 2 aromatic rings. The van der Waals surface area contributed by atoms with Gasteiger partial charge in [-0.15, -0.1) is 0 Å². The number of carbonyl (C=O) groups is 1. The van der Waals surface area contributed by atoms with Crippen molar-refractivity contribution in [3.05, 3.63) is 48.0 Å². The number of likely N-dealkylation sites (tertiary alicyclic amines) is 1. The van der Waals surface area contributed by atoms with E-state index in [1.807, 2.05) is 11.8 Å². The van der Waals surface area contributed by atoms with E-state index < -0.39 is 0 Å². The summed E-state index contributed by atoms with van der Waals surface area (Å²) in [6.45, 7) is 5.62. The number of hydrogen-bond acceptors (Lipinski definition) is 3. The molecule has 2 atom stereocenters. The van der Waals surface area contributed by atoms with Crippen LogP contribution in [0, 0.1) is 6.92 Å². The Kier molecular flexibility index (Phi) is 3.73. The molecule has 0 spiro atoms. The molecule has 0 saturated carbocycles. The molecule has 1 aliphatic rings. The van der Waals surface area contributed by atoms with Crippen molar-refractivity contribution >= 4 is 5.91 Å². The molecule has 0 bridgehead atoms. The average molecular weight is 284 g/mol. The third kappa shape index (κ3) is 2.68. The second kappa shape index (κ2) is 5.68. The number of rotatable bonds is 3. The van der Waals surface area contributed by atoms with Crippen molar-refractivity contribution in [1.29, 1.82) is 0 Å². The van der Waals surface area contributed by atoms with E-state index in [4.69, 9.17) is 0 Å². The number of benzene rings is 1. The Hall–Kier alpha value is -2.17. The Morgan fingerprint density at radius 3 is 2.90 bits per heavy atom. The van der Waals surface area contributed by atoms with Crippen molar-refractivity contribution in [3.63, 3.8) is 0 Å². The minimum atomic E-state index is -0.289. The normalized spacial score (nSPS) is 19.7. The number of aryl methyl sites for hydroxylation is 1. The summed E-state index contributed by atoms with van der Waals surface area (Å²) in [4.78, 5) is 18.4. The Bertz CT molecular complexity index is 623. The van der Waals surface area contributed by atoms with E-state index in [1.165, 1.54) is 17.5 Å². The van der Waals surface area contributed by atoms with E-state index in [0.29, 0.717) is 5.92 Å². The van der Waals surface area contributed by atoms with Gasteiger partial charge in [-0.1, -0.05) is 24.3 Å². The summed E-state index contributed by atoms with van der Waals surface area (Å²) in [5, 5.41) is 4.06. The van der Waals surface area contributed by atoms with Crippen LogP contribution in [0.15, 0.2) is 36.9 Å². The van der Waals surface area contributed by atoms with Gasteiger partial charge < -0.3 is 4.90 Å². The molecule has 0 aliphatic carbocycles. The van der Waals surface area contributed by atoms with Crippen LogP contribution < -0.4 is 0 Å². The molecule has 2 unspecified atom stereocenters. The maximum Gasteiger partial charge on any atom is 0.247 e. The third-order valence-corrected chi connectivity index (χ3v) is 4.32. The van der Waals surface area contributed by atoms with Crippen molar-refractivity contribution in [1.82, 2.24) is 19.7 Å². The summed E-state index contributed by atoms with van der Waals surface area (Å²) >= 11 is 0. The fraction of sp³-hybridized carbons (Fsp3) is 0.438. The lowest BCUT2D eigenvalue weighted by molar-refractivity contribution is -0.133. The molecule has 21 heavy (non-hydrogen) atoms. The van der Waals surface area contributed by atoms with Crippen molar-refractivity contribution in [2.75, 3.05) is 13.1 Å². The summed E-state index contributed by atoms with van der Waals surface area (Å²) < 4.78 is 1.61. The fourth-order valence-corrected chi connectivity index (χ4v) is 3.05. The van der Waals surface area contributed by atoms with Crippen molar-refractivity contribution < 1.29 is 4.79 Å². The lowest BCUT2D eigenvalue weighted by Crippen LogP contribution is -2.34. The molecular weight excluding hydrogens is 264 g/mol. The number of amides is 1. The maximum absolute atomic E-state index is 12.5. The molecule has 1 fully saturated rings. The van der Waals surface area contributed by atoms with Crippen LogP contribution in [0.25, 0.3) is 0 Å². The van der Waals surface area contributed by atoms with Crippen LogP contribution in [0.5, 0.6) is 0 Å². The van der Waals surface area contributed by atoms with Gasteiger partial charge in [0.2, 0.25) is 5.91 Å². The first kappa shape index (κ1) is 13.8. The van der Waals surface area contributed by atoms with Crippen LogP contribution in [0.4, 0.5) is 0 Å². The molecule has 3 rings (SSSR count). The van der Waals surface area contributed by atoms with Crippen LogP contribution in [0.2, 0.25) is 0 Å². The molecule has 0 radical (unpaired) electrons. The fourth-order valence-electron chi connectivity index (χ4n) is 3.05. The van der Waals surface area contributed by atoms with Crippen molar-refractivity contribution in [2.45, 2.75) is 32.2 Å². The highest BCUT2D eigenvalue weighted by atomic mass is 16.2. The van der Waals surface area contributed by atoms with Crippen LogP contribution in [0.3, 0.4) is 0 Å². The lowest BCUT2D eigenvalue weighted by atomic mass is 9.94. The summed E-state index contributed by atoms with van der Waals surface area (Å²) in [7, 11) is 0. The maximum atomic E-state index is 12.5. The van der Waals surface area contributed by atoms with Crippen molar-refractivity contribution in [3.8, 4) is 0 Å². The highest BCUT2D eigenvalue weighted by Gasteiger charge is 2.31. The first-order valence-corrected chi connectivity index (χ1v) is 7.35. The molecule has 1 aromatic heterocycles. The van der Waals surface area contributed by atoms with Gasteiger partial charge in [0.25, 0.3) is 0 Å². The SMILES string of the molecule is Cc1ccccc1C1CCN(C(=O)C(C)n2cncn2)C1. The molecule has 0 N–H and O–H groups in total. The van der Waals surface area contributed by atoms with Gasteiger partial charge in [0.1, 0.15) is 18.7 Å². The molecule has 1 aliphatic heterocycles. The number of hydrogen-bond donors (Lipinski definition) is 0. The second-order valence-electron chi connectivity index (χ2n) is 5.68. The molecule has 110 valence electrons. The first-order chi connectivity index (χ1) is 10.2. The largest absolute Gasteiger partial charge is 0.340 e. The second-order valence-corrected chi connectivity index (χ2v) is 5.68. The lowest BCUT2D eigenvalue weighted by Gasteiger charge is -2.21. The van der Waals surface area contributed by atoms with Crippen LogP contribution in [0.1, 0.15) is 36.4 Å². The van der Waals surface area contributed by atoms with Crippen LogP contribution >= 0.6 is 0 Å². The van der Waals surface area contributed by atoms with Gasteiger partial charge in [-0.05, 0) is 31.4 Å². The van der Waals surface area contributed by atoms with Gasteiger partial charge in [-0.3, -0.25) is 4.79 Å². The minimum absolute atomic E-state index is 0.122. The zero-order chi connectivity index (χ0) is 14.8. The van der Waals surface area contributed by atoms with Gasteiger partial charge in [-0.2, -0.15) is 5.10 Å². The Morgan fingerprint density at radius 2 is 2.19 bits per heavy atom. The number of aromatic nitrogens is 3. The Morgan fingerprint density at radius 1 is 1.38 bits per heavy atom. The van der Waals surface area contributed by atoms with E-state index in [1.54, 1.807) is 11.0 Å². The summed E-state index contributed by atoms with van der Waals surface area (Å²) in [6.07, 6.45) is 4.09. The standard InChI is InChI=1S/C16H20N4O/c1-12-5-3-4-6-15(12)14-7-8-19(9-14)16(21)13(2)20-11-17-10-18-20/h3-6,10-11,13-14H,7-9H2,1-2H3. The highest BCUT2D eigenvalue weighted by molar-refractivity contribution is 5.80. The summed E-state index contributed by atoms with van der Waals surface area (Å²) in [5.41, 5.74) is 2.67. The summed E-state index contributed by atoms with van der Waals surface area (Å²) in [6, 6.07) is 8.16. The number of nitrogens with zero attached hydrogens (tertiary/aromatic N) is 4. The quantitative estimate of drug-likeness (QED) is 0.868. The van der Waals surface area contributed by atoms with Gasteiger partial charge in [0.05, 0.1) is 0 Å².